The average Bonchev–Trinajstić information content (AvgIpc) is 2.41. The van der Waals surface area contributed by atoms with Gasteiger partial charge in [0.15, 0.2) is 6.23 Å². The molecule has 1 fully saturated rings. The van der Waals surface area contributed by atoms with E-state index >= 15 is 0 Å². The molecule has 0 aromatic heterocycles. The van der Waals surface area contributed by atoms with Crippen molar-refractivity contribution >= 4 is 17.0 Å². The minimum absolute atomic E-state index is 0.239. The van der Waals surface area contributed by atoms with Crippen LogP contribution in [0.2, 0.25) is 0 Å². The van der Waals surface area contributed by atoms with Crippen LogP contribution in [-0.4, -0.2) is 47.1 Å². The normalized spacial score (nSPS) is 28.2. The number of carbonyl (C=O) groups is 1. The lowest BCUT2D eigenvalue weighted by Gasteiger charge is -2.23. The fraction of sp³-hybridized carbons (Fsp3) is 0.833. The van der Waals surface area contributed by atoms with Crippen molar-refractivity contribution in [1.82, 2.24) is 15.6 Å². The Morgan fingerprint density at radius 1 is 1.85 bits per heavy atom. The third-order valence-corrected chi connectivity index (χ3v) is 2.81. The van der Waals surface area contributed by atoms with Crippen LogP contribution < -0.4 is 16.5 Å². The van der Waals surface area contributed by atoms with Gasteiger partial charge in [-0.2, -0.15) is 0 Å². The minimum Gasteiger partial charge on any atom is -0.371 e. The van der Waals surface area contributed by atoms with Gasteiger partial charge >= 0.3 is 0 Å². The van der Waals surface area contributed by atoms with Gasteiger partial charge in [0.2, 0.25) is 0 Å². The van der Waals surface area contributed by atoms with Crippen LogP contribution >= 0.6 is 11.8 Å². The molecule has 76 valence electrons. The number of nitrogens with one attached hydrogen (secondary N) is 2. The molecule has 0 radical (unpaired) electrons. The first kappa shape index (κ1) is 10.7. The molecule has 5 N–H and O–H groups in total. The van der Waals surface area contributed by atoms with Crippen molar-refractivity contribution < 1.29 is 9.90 Å². The summed E-state index contributed by atoms with van der Waals surface area (Å²) in [6, 6.07) is 0. The first-order valence-corrected chi connectivity index (χ1v) is 4.84. The molecule has 0 saturated carbocycles. The van der Waals surface area contributed by atoms with Crippen molar-refractivity contribution in [3.8, 4) is 0 Å². The van der Waals surface area contributed by atoms with Crippen molar-refractivity contribution in [2.45, 2.75) is 11.6 Å². The Kier molecular flexibility index (Phi) is 3.94. The number of nitrogens with two attached hydrogens (primary N) is 1. The second kappa shape index (κ2) is 4.77. The topological polar surface area (TPSA) is 90.6 Å². The van der Waals surface area contributed by atoms with Crippen LogP contribution in [0.5, 0.6) is 0 Å². The van der Waals surface area contributed by atoms with Gasteiger partial charge in [-0.1, -0.05) is 0 Å². The van der Waals surface area contributed by atoms with Crippen LogP contribution in [0.15, 0.2) is 0 Å². The van der Waals surface area contributed by atoms with Gasteiger partial charge in [-0.05, 0) is 18.8 Å². The van der Waals surface area contributed by atoms with Gasteiger partial charge in [0.05, 0.1) is 0 Å². The highest BCUT2D eigenvalue weighted by Crippen LogP contribution is 2.22. The van der Waals surface area contributed by atoms with Crippen LogP contribution in [0, 0.1) is 0 Å². The predicted molar refractivity (Wildman–Crippen MR) is 50.7 cm³/mol. The van der Waals surface area contributed by atoms with Crippen molar-refractivity contribution in [2.24, 2.45) is 5.84 Å². The second-order valence-electron chi connectivity index (χ2n) is 2.73. The Hall–Kier alpha value is -0.340. The summed E-state index contributed by atoms with van der Waals surface area (Å²) < 4.78 is 0. The molecule has 1 aliphatic rings. The SMILES string of the molecule is CNCCN(N)C1SC(=O)NC1O. The highest BCUT2D eigenvalue weighted by molar-refractivity contribution is 8.14. The summed E-state index contributed by atoms with van der Waals surface area (Å²) in [6.45, 7) is 1.30. The van der Waals surface area contributed by atoms with E-state index in [4.69, 9.17) is 5.84 Å². The Balaban J connectivity index is 2.37. The number of aliphatic hydroxyl groups excluding tert-OH is 1. The maximum Gasteiger partial charge on any atom is 0.282 e. The first-order chi connectivity index (χ1) is 6.15. The smallest absolute Gasteiger partial charge is 0.282 e. The Morgan fingerprint density at radius 3 is 3.00 bits per heavy atom. The largest absolute Gasteiger partial charge is 0.371 e. The molecule has 13 heavy (non-hydrogen) atoms. The Labute approximate surface area is 80.8 Å². The van der Waals surface area contributed by atoms with E-state index in [1.807, 2.05) is 7.05 Å². The molecule has 0 aromatic rings. The highest BCUT2D eigenvalue weighted by atomic mass is 32.2. The molecule has 2 unspecified atom stereocenters. The molecular formula is C6H14N4O2S. The maximum atomic E-state index is 10.8. The van der Waals surface area contributed by atoms with Gasteiger partial charge in [0.25, 0.3) is 5.24 Å². The molecule has 2 atom stereocenters. The van der Waals surface area contributed by atoms with Gasteiger partial charge in [-0.15, -0.1) is 0 Å². The van der Waals surface area contributed by atoms with Gasteiger partial charge in [0, 0.05) is 13.1 Å². The average molecular weight is 206 g/mol. The van der Waals surface area contributed by atoms with Gasteiger partial charge < -0.3 is 15.7 Å². The number of hydrogen-bond donors (Lipinski definition) is 4. The number of rotatable bonds is 4. The molecule has 1 rings (SSSR count). The molecule has 1 aliphatic heterocycles. The number of hydrogen-bond acceptors (Lipinski definition) is 6. The number of aliphatic hydroxyl groups is 1. The Morgan fingerprint density at radius 2 is 2.54 bits per heavy atom. The lowest BCUT2D eigenvalue weighted by atomic mass is 10.5. The van der Waals surface area contributed by atoms with E-state index in [9.17, 15) is 9.90 Å². The molecule has 0 aliphatic carbocycles. The van der Waals surface area contributed by atoms with Crippen LogP contribution in [0.3, 0.4) is 0 Å². The van der Waals surface area contributed by atoms with Gasteiger partial charge in [-0.25, -0.2) is 5.01 Å². The number of nitrogens with zero attached hydrogens (tertiary/aromatic N) is 1. The first-order valence-electron chi connectivity index (χ1n) is 3.96. The number of likely N-dealkylation sites (N-methyl/N-ethyl adjacent to an activating group) is 1. The summed E-state index contributed by atoms with van der Waals surface area (Å²) in [6.07, 6.45) is -0.876. The molecular weight excluding hydrogens is 192 g/mol. The van der Waals surface area contributed by atoms with Crippen LogP contribution in [-0.2, 0) is 0 Å². The molecule has 1 amide bonds. The third-order valence-electron chi connectivity index (χ3n) is 1.71. The summed E-state index contributed by atoms with van der Waals surface area (Å²) in [7, 11) is 1.81. The second-order valence-corrected chi connectivity index (χ2v) is 3.82. The zero-order valence-corrected chi connectivity index (χ0v) is 8.17. The molecule has 0 spiro atoms. The maximum absolute atomic E-state index is 10.8. The quantitative estimate of drug-likeness (QED) is 0.330. The fourth-order valence-electron chi connectivity index (χ4n) is 1.02. The Bertz CT molecular complexity index is 191. The van der Waals surface area contributed by atoms with Gasteiger partial charge in [0.1, 0.15) is 5.37 Å². The van der Waals surface area contributed by atoms with E-state index in [0.29, 0.717) is 13.1 Å². The van der Waals surface area contributed by atoms with E-state index in [1.165, 1.54) is 5.01 Å². The molecule has 0 aromatic carbocycles. The molecule has 1 saturated heterocycles. The lowest BCUT2D eigenvalue weighted by molar-refractivity contribution is 0.0865. The third kappa shape index (κ3) is 2.82. The zero-order chi connectivity index (χ0) is 9.84. The van der Waals surface area contributed by atoms with Crippen molar-refractivity contribution in [3.63, 3.8) is 0 Å². The van der Waals surface area contributed by atoms with E-state index < -0.39 is 6.23 Å². The zero-order valence-electron chi connectivity index (χ0n) is 7.36. The number of thioether (sulfide) groups is 1. The van der Waals surface area contributed by atoms with Crippen molar-refractivity contribution in [3.05, 3.63) is 0 Å². The number of carbonyl (C=O) groups excluding carboxylic acids is 1. The van der Waals surface area contributed by atoms with Crippen LogP contribution in [0.25, 0.3) is 0 Å². The molecule has 1 heterocycles. The molecule has 0 bridgehead atoms. The number of amides is 1. The summed E-state index contributed by atoms with van der Waals surface area (Å²) in [5, 5.41) is 15.4. The monoisotopic (exact) mass is 206 g/mol. The predicted octanol–water partition coefficient (Wildman–Crippen LogP) is -1.52. The van der Waals surface area contributed by atoms with E-state index in [-0.39, 0.29) is 10.6 Å². The summed E-state index contributed by atoms with van der Waals surface area (Å²) in [5.74, 6) is 5.64. The van der Waals surface area contributed by atoms with Gasteiger partial charge in [-0.3, -0.25) is 10.6 Å². The van der Waals surface area contributed by atoms with E-state index in [1.54, 1.807) is 0 Å². The lowest BCUT2D eigenvalue weighted by Crippen LogP contribution is -2.48. The molecule has 6 nitrogen and oxygen atoms in total. The summed E-state index contributed by atoms with van der Waals surface area (Å²) in [4.78, 5) is 10.8. The highest BCUT2D eigenvalue weighted by Gasteiger charge is 2.34. The van der Waals surface area contributed by atoms with Crippen molar-refractivity contribution in [2.75, 3.05) is 20.1 Å². The summed E-state index contributed by atoms with van der Waals surface area (Å²) in [5.41, 5.74) is 0. The number of hydrazine groups is 1. The van der Waals surface area contributed by atoms with Crippen LogP contribution in [0.4, 0.5) is 4.79 Å². The van der Waals surface area contributed by atoms with Crippen LogP contribution in [0.1, 0.15) is 0 Å². The standard InChI is InChI=1S/C6H14N4O2S/c1-8-2-3-10(7)5-4(11)9-6(12)13-5/h4-5,8,11H,2-3,7H2,1H3,(H,9,12). The summed E-state index contributed by atoms with van der Waals surface area (Å²) >= 11 is 1.01. The van der Waals surface area contributed by atoms with E-state index in [0.717, 1.165) is 11.8 Å². The minimum atomic E-state index is -0.876. The molecule has 7 heteroatoms. The fourth-order valence-corrected chi connectivity index (χ4v) is 1.86. The van der Waals surface area contributed by atoms with Crippen molar-refractivity contribution in [1.29, 1.82) is 0 Å². The van der Waals surface area contributed by atoms with E-state index in [2.05, 4.69) is 10.6 Å².